The predicted molar refractivity (Wildman–Crippen MR) is 86.2 cm³/mol. The Morgan fingerprint density at radius 2 is 2.00 bits per heavy atom. The molecule has 0 radical (unpaired) electrons. The first kappa shape index (κ1) is 15.5. The molecule has 0 unspecified atom stereocenters. The van der Waals surface area contributed by atoms with Gasteiger partial charge in [0.05, 0.1) is 4.92 Å². The van der Waals surface area contributed by atoms with Crippen molar-refractivity contribution in [1.29, 1.82) is 0 Å². The van der Waals surface area contributed by atoms with Gasteiger partial charge in [-0.15, -0.1) is 0 Å². The number of para-hydroxylation sites is 1. The summed E-state index contributed by atoms with van der Waals surface area (Å²) in [6, 6.07) is 9.18. The van der Waals surface area contributed by atoms with Crippen LogP contribution in [0.1, 0.15) is 20.3 Å². The number of hydrogen-bond donors (Lipinski definition) is 3. The Labute approximate surface area is 127 Å². The molecule has 0 aliphatic heterocycles. The summed E-state index contributed by atoms with van der Waals surface area (Å²) in [4.78, 5) is 18.8. The van der Waals surface area contributed by atoms with Crippen LogP contribution in [0.2, 0.25) is 0 Å². The largest absolute Gasteiger partial charge is 0.378 e. The molecule has 8 heteroatoms. The number of nitrogens with one attached hydrogen (secondary N) is 2. The maximum atomic E-state index is 11.2. The fraction of sp³-hybridized carbons (Fsp3) is 0.286. The first-order valence-corrected chi connectivity index (χ1v) is 6.91. The Kier molecular flexibility index (Phi) is 4.72. The highest BCUT2D eigenvalue weighted by atomic mass is 16.6. The predicted octanol–water partition coefficient (Wildman–Crippen LogP) is 2.92. The van der Waals surface area contributed by atoms with Gasteiger partial charge in [-0.05, 0) is 25.5 Å². The van der Waals surface area contributed by atoms with E-state index in [0.717, 1.165) is 6.42 Å². The Morgan fingerprint density at radius 1 is 1.32 bits per heavy atom. The maximum absolute atomic E-state index is 11.2. The van der Waals surface area contributed by atoms with Crippen LogP contribution in [-0.2, 0) is 0 Å². The zero-order valence-corrected chi connectivity index (χ0v) is 12.4. The summed E-state index contributed by atoms with van der Waals surface area (Å²) in [5, 5.41) is 17.2. The SMILES string of the molecule is CC[C@H](C)Nc1nc(N)c([N+](=O)[O-])c(Nc2ccccc2)n1. The van der Waals surface area contributed by atoms with E-state index in [9.17, 15) is 10.1 Å². The average molecular weight is 302 g/mol. The summed E-state index contributed by atoms with van der Waals surface area (Å²) >= 11 is 0. The first-order chi connectivity index (χ1) is 10.5. The van der Waals surface area contributed by atoms with E-state index in [2.05, 4.69) is 20.6 Å². The fourth-order valence-electron chi connectivity index (χ4n) is 1.78. The van der Waals surface area contributed by atoms with Crippen molar-refractivity contribution in [3.8, 4) is 0 Å². The van der Waals surface area contributed by atoms with Crippen molar-refractivity contribution in [3.05, 3.63) is 40.4 Å². The van der Waals surface area contributed by atoms with Crippen LogP contribution in [0.15, 0.2) is 30.3 Å². The second kappa shape index (κ2) is 6.70. The lowest BCUT2D eigenvalue weighted by atomic mass is 10.3. The van der Waals surface area contributed by atoms with Gasteiger partial charge in [-0.1, -0.05) is 25.1 Å². The highest BCUT2D eigenvalue weighted by Crippen LogP contribution is 2.31. The molecule has 4 N–H and O–H groups in total. The van der Waals surface area contributed by atoms with Crippen LogP contribution in [0.4, 0.5) is 29.0 Å². The van der Waals surface area contributed by atoms with Gasteiger partial charge in [0, 0.05) is 11.7 Å². The quantitative estimate of drug-likeness (QED) is 0.554. The number of nitrogens with zero attached hydrogens (tertiary/aromatic N) is 3. The minimum absolute atomic E-state index is 0.0644. The number of hydrogen-bond acceptors (Lipinski definition) is 7. The molecule has 0 bridgehead atoms. The number of rotatable bonds is 6. The monoisotopic (exact) mass is 302 g/mol. The van der Waals surface area contributed by atoms with E-state index in [4.69, 9.17) is 5.73 Å². The molecule has 1 aromatic heterocycles. The normalized spacial score (nSPS) is 11.7. The second-order valence-corrected chi connectivity index (χ2v) is 4.83. The molecule has 0 saturated carbocycles. The minimum Gasteiger partial charge on any atom is -0.378 e. The third-order valence-corrected chi connectivity index (χ3v) is 3.12. The molecular weight excluding hydrogens is 284 g/mol. The van der Waals surface area contributed by atoms with Crippen molar-refractivity contribution in [2.45, 2.75) is 26.3 Å². The van der Waals surface area contributed by atoms with Crippen LogP contribution in [0.25, 0.3) is 0 Å². The number of nitrogens with two attached hydrogens (primary N) is 1. The lowest BCUT2D eigenvalue weighted by Gasteiger charge is -2.13. The molecule has 2 aromatic rings. The summed E-state index contributed by atoms with van der Waals surface area (Å²) in [6.45, 7) is 3.97. The molecule has 0 spiro atoms. The summed E-state index contributed by atoms with van der Waals surface area (Å²) in [7, 11) is 0. The van der Waals surface area contributed by atoms with Crippen molar-refractivity contribution in [3.63, 3.8) is 0 Å². The Balaban J connectivity index is 2.41. The average Bonchev–Trinajstić information content (AvgIpc) is 2.47. The van der Waals surface area contributed by atoms with Gasteiger partial charge in [0.15, 0.2) is 0 Å². The molecule has 8 nitrogen and oxygen atoms in total. The van der Waals surface area contributed by atoms with Gasteiger partial charge in [-0.2, -0.15) is 9.97 Å². The highest BCUT2D eigenvalue weighted by molar-refractivity contribution is 5.74. The van der Waals surface area contributed by atoms with Gasteiger partial charge in [-0.25, -0.2) is 0 Å². The molecular formula is C14H18N6O2. The molecule has 116 valence electrons. The zero-order valence-electron chi connectivity index (χ0n) is 12.4. The topological polar surface area (TPSA) is 119 Å². The Hall–Kier alpha value is -2.90. The number of benzene rings is 1. The summed E-state index contributed by atoms with van der Waals surface area (Å²) in [5.74, 6) is 0.148. The first-order valence-electron chi connectivity index (χ1n) is 6.91. The summed E-state index contributed by atoms with van der Waals surface area (Å²) in [5.41, 5.74) is 6.07. The third kappa shape index (κ3) is 3.60. The third-order valence-electron chi connectivity index (χ3n) is 3.12. The number of aromatic nitrogens is 2. The number of anilines is 4. The van der Waals surface area contributed by atoms with Gasteiger partial charge in [0.2, 0.25) is 17.6 Å². The molecule has 0 saturated heterocycles. The highest BCUT2D eigenvalue weighted by Gasteiger charge is 2.23. The second-order valence-electron chi connectivity index (χ2n) is 4.83. The van der Waals surface area contributed by atoms with Crippen LogP contribution in [-0.4, -0.2) is 20.9 Å². The maximum Gasteiger partial charge on any atom is 0.353 e. The van der Waals surface area contributed by atoms with E-state index in [1.54, 1.807) is 12.1 Å². The molecule has 0 amide bonds. The van der Waals surface area contributed by atoms with Gasteiger partial charge in [0.1, 0.15) is 0 Å². The fourth-order valence-corrected chi connectivity index (χ4v) is 1.78. The van der Waals surface area contributed by atoms with Gasteiger partial charge >= 0.3 is 5.69 Å². The van der Waals surface area contributed by atoms with E-state index in [-0.39, 0.29) is 29.3 Å². The molecule has 1 atom stereocenters. The molecule has 0 aliphatic carbocycles. The minimum atomic E-state index is -0.590. The lowest BCUT2D eigenvalue weighted by Crippen LogP contribution is -2.17. The van der Waals surface area contributed by atoms with Crippen LogP contribution in [0.3, 0.4) is 0 Å². The van der Waals surface area contributed by atoms with E-state index < -0.39 is 4.92 Å². The Morgan fingerprint density at radius 3 is 2.59 bits per heavy atom. The summed E-state index contributed by atoms with van der Waals surface area (Å²) in [6.07, 6.45) is 0.863. The van der Waals surface area contributed by atoms with Crippen LogP contribution in [0.5, 0.6) is 0 Å². The van der Waals surface area contributed by atoms with Crippen LogP contribution >= 0.6 is 0 Å². The van der Waals surface area contributed by atoms with Crippen LogP contribution in [0, 0.1) is 10.1 Å². The van der Waals surface area contributed by atoms with Crippen molar-refractivity contribution < 1.29 is 4.92 Å². The van der Waals surface area contributed by atoms with Gasteiger partial charge in [0.25, 0.3) is 0 Å². The van der Waals surface area contributed by atoms with Crippen LogP contribution < -0.4 is 16.4 Å². The van der Waals surface area contributed by atoms with Crippen molar-refractivity contribution in [2.75, 3.05) is 16.4 Å². The van der Waals surface area contributed by atoms with E-state index in [0.29, 0.717) is 5.69 Å². The molecule has 0 aliphatic rings. The molecule has 1 aromatic carbocycles. The van der Waals surface area contributed by atoms with Crippen molar-refractivity contribution >= 4 is 29.0 Å². The summed E-state index contributed by atoms with van der Waals surface area (Å²) < 4.78 is 0. The van der Waals surface area contributed by atoms with Crippen molar-refractivity contribution in [1.82, 2.24) is 9.97 Å². The molecule has 0 fully saturated rings. The standard InChI is InChI=1S/C14H18N6O2/c1-3-9(2)16-14-18-12(15)11(20(21)22)13(19-14)17-10-7-5-4-6-8-10/h4-9H,3H2,1-2H3,(H4,15,16,17,18,19)/t9-/m0/s1. The van der Waals surface area contributed by atoms with E-state index >= 15 is 0 Å². The molecule has 1 heterocycles. The van der Waals surface area contributed by atoms with Crippen molar-refractivity contribution in [2.24, 2.45) is 0 Å². The molecule has 2 rings (SSSR count). The molecule has 22 heavy (non-hydrogen) atoms. The number of nitro groups is 1. The zero-order chi connectivity index (χ0) is 16.1. The lowest BCUT2D eigenvalue weighted by molar-refractivity contribution is -0.383. The number of nitrogen functional groups attached to an aromatic ring is 1. The smallest absolute Gasteiger partial charge is 0.353 e. The van der Waals surface area contributed by atoms with Gasteiger partial charge < -0.3 is 16.4 Å². The van der Waals surface area contributed by atoms with Gasteiger partial charge in [-0.3, -0.25) is 10.1 Å². The van der Waals surface area contributed by atoms with E-state index in [1.807, 2.05) is 32.0 Å². The van der Waals surface area contributed by atoms with E-state index in [1.165, 1.54) is 0 Å². The Bertz CT molecular complexity index is 662.